The molecule has 1 aliphatic heterocycles. The number of aliphatic hydroxyl groups is 2. The van der Waals surface area contributed by atoms with E-state index in [-0.39, 0.29) is 18.0 Å². The first-order valence-corrected chi connectivity index (χ1v) is 7.80. The molecule has 23 heavy (non-hydrogen) atoms. The second-order valence-electron chi connectivity index (χ2n) is 5.57. The lowest BCUT2D eigenvalue weighted by Crippen LogP contribution is -2.85. The maximum absolute atomic E-state index is 12.3. The van der Waals surface area contributed by atoms with Gasteiger partial charge in [0.25, 0.3) is 5.91 Å². The first kappa shape index (κ1) is 17.2. The Morgan fingerprint density at radius 3 is 2.57 bits per heavy atom. The van der Waals surface area contributed by atoms with Crippen LogP contribution in [0, 0.1) is 0 Å². The van der Waals surface area contributed by atoms with Gasteiger partial charge in [0, 0.05) is 13.0 Å². The van der Waals surface area contributed by atoms with Gasteiger partial charge in [0.1, 0.15) is 0 Å². The van der Waals surface area contributed by atoms with E-state index in [0.29, 0.717) is 19.5 Å². The molecule has 0 radical (unpaired) electrons. The fourth-order valence-corrected chi connectivity index (χ4v) is 2.87. The Balaban J connectivity index is 2.19. The molecular formula is C17H23N2O4+. The molecule has 1 amide bonds. The van der Waals surface area contributed by atoms with Gasteiger partial charge in [-0.15, -0.1) is 0 Å². The molecule has 2 rings (SSSR count). The Morgan fingerprint density at radius 1 is 1.26 bits per heavy atom. The summed E-state index contributed by atoms with van der Waals surface area (Å²) in [5, 5.41) is 20.8. The molecule has 1 heterocycles. The van der Waals surface area contributed by atoms with Gasteiger partial charge in [-0.3, -0.25) is 9.59 Å². The number of rotatable bonds is 8. The van der Waals surface area contributed by atoms with Gasteiger partial charge in [-0.2, -0.15) is 0 Å². The lowest BCUT2D eigenvalue weighted by molar-refractivity contribution is -0.656. The summed E-state index contributed by atoms with van der Waals surface area (Å²) < 4.78 is 0. The van der Waals surface area contributed by atoms with Crippen LogP contribution in [0.1, 0.15) is 24.9 Å². The molecule has 1 aromatic rings. The van der Waals surface area contributed by atoms with Crippen molar-refractivity contribution in [2.75, 3.05) is 26.2 Å². The van der Waals surface area contributed by atoms with E-state index in [1.165, 1.54) is 6.92 Å². The van der Waals surface area contributed by atoms with Crippen molar-refractivity contribution in [3.63, 3.8) is 0 Å². The molecule has 6 heteroatoms. The predicted molar refractivity (Wildman–Crippen MR) is 84.6 cm³/mol. The number of nitrogens with two attached hydrogens (primary N) is 1. The van der Waals surface area contributed by atoms with Crippen LogP contribution in [0.4, 0.5) is 0 Å². The SMILES string of the molecule is CC(=O)C1=C(O)C(=O)N(CCC[NH2+]CCO)[C@@H]1c1ccccc1. The van der Waals surface area contributed by atoms with Crippen molar-refractivity contribution in [2.45, 2.75) is 19.4 Å². The van der Waals surface area contributed by atoms with Crippen molar-refractivity contribution in [3.05, 3.63) is 47.2 Å². The Kier molecular flexibility index (Phi) is 5.90. The minimum absolute atomic E-state index is 0.117. The summed E-state index contributed by atoms with van der Waals surface area (Å²) in [7, 11) is 0. The zero-order valence-corrected chi connectivity index (χ0v) is 13.2. The topological polar surface area (TPSA) is 94.5 Å². The minimum atomic E-state index is -0.529. The van der Waals surface area contributed by atoms with Gasteiger partial charge in [-0.05, 0) is 12.5 Å². The maximum Gasteiger partial charge on any atom is 0.290 e. The third kappa shape index (κ3) is 3.78. The van der Waals surface area contributed by atoms with Crippen LogP contribution in [-0.4, -0.2) is 53.0 Å². The first-order valence-electron chi connectivity index (χ1n) is 7.80. The number of carbonyl (C=O) groups excluding carboxylic acids is 2. The molecule has 0 saturated heterocycles. The number of hydrogen-bond acceptors (Lipinski definition) is 4. The highest BCUT2D eigenvalue weighted by Crippen LogP contribution is 2.37. The number of benzene rings is 1. The van der Waals surface area contributed by atoms with Crippen LogP contribution in [0.5, 0.6) is 0 Å². The largest absolute Gasteiger partial charge is 0.503 e. The van der Waals surface area contributed by atoms with Crippen molar-refractivity contribution in [1.29, 1.82) is 0 Å². The number of hydrogen-bond donors (Lipinski definition) is 3. The number of carbonyl (C=O) groups is 2. The van der Waals surface area contributed by atoms with E-state index in [0.717, 1.165) is 12.1 Å². The molecule has 124 valence electrons. The van der Waals surface area contributed by atoms with Gasteiger partial charge >= 0.3 is 0 Å². The van der Waals surface area contributed by atoms with Gasteiger partial charge in [-0.25, -0.2) is 0 Å². The van der Waals surface area contributed by atoms with Crippen LogP contribution in [-0.2, 0) is 9.59 Å². The average Bonchev–Trinajstić information content (AvgIpc) is 2.80. The Labute approximate surface area is 135 Å². The summed E-state index contributed by atoms with van der Waals surface area (Å²) in [5.74, 6) is -1.23. The highest BCUT2D eigenvalue weighted by molar-refractivity contribution is 6.08. The third-order valence-corrected chi connectivity index (χ3v) is 3.94. The zero-order valence-electron chi connectivity index (χ0n) is 13.2. The predicted octanol–water partition coefficient (Wildman–Crippen LogP) is -0.0832. The van der Waals surface area contributed by atoms with Crippen LogP contribution in [0.25, 0.3) is 0 Å². The molecule has 0 bridgehead atoms. The number of Topliss-reactive ketones (excluding diaryl/α,β-unsaturated/α-hetero) is 1. The molecule has 0 aromatic heterocycles. The lowest BCUT2D eigenvalue weighted by atomic mass is 9.97. The zero-order chi connectivity index (χ0) is 16.8. The van der Waals surface area contributed by atoms with Crippen molar-refractivity contribution >= 4 is 11.7 Å². The van der Waals surface area contributed by atoms with Crippen LogP contribution < -0.4 is 5.32 Å². The molecular weight excluding hydrogens is 296 g/mol. The van der Waals surface area contributed by atoms with Crippen LogP contribution in [0.3, 0.4) is 0 Å². The molecule has 6 nitrogen and oxygen atoms in total. The molecule has 0 fully saturated rings. The quantitative estimate of drug-likeness (QED) is 0.584. The monoisotopic (exact) mass is 319 g/mol. The van der Waals surface area contributed by atoms with Gasteiger partial charge in [0.05, 0.1) is 31.3 Å². The van der Waals surface area contributed by atoms with Crippen LogP contribution in [0.15, 0.2) is 41.7 Å². The number of nitrogens with zero attached hydrogens (tertiary/aromatic N) is 1. The van der Waals surface area contributed by atoms with Crippen molar-refractivity contribution in [3.8, 4) is 0 Å². The molecule has 4 N–H and O–H groups in total. The highest BCUT2D eigenvalue weighted by Gasteiger charge is 2.41. The summed E-state index contributed by atoms with van der Waals surface area (Å²) in [6.07, 6.45) is 0.716. The van der Waals surface area contributed by atoms with Crippen LogP contribution in [0.2, 0.25) is 0 Å². The molecule has 1 aromatic carbocycles. The number of quaternary nitrogens is 1. The summed E-state index contributed by atoms with van der Waals surface area (Å²) in [4.78, 5) is 25.8. The fraction of sp³-hybridized carbons (Fsp3) is 0.412. The van der Waals surface area contributed by atoms with Gasteiger partial charge < -0.3 is 20.4 Å². The first-order chi connectivity index (χ1) is 11.1. The fourth-order valence-electron chi connectivity index (χ4n) is 2.87. The molecule has 0 unspecified atom stereocenters. The molecule has 0 aliphatic carbocycles. The van der Waals surface area contributed by atoms with Crippen molar-refractivity contribution in [1.82, 2.24) is 4.90 Å². The van der Waals surface area contributed by atoms with E-state index in [1.807, 2.05) is 35.6 Å². The smallest absolute Gasteiger partial charge is 0.290 e. The Bertz CT molecular complexity index is 598. The summed E-state index contributed by atoms with van der Waals surface area (Å²) in [6, 6.07) is 8.74. The average molecular weight is 319 g/mol. The highest BCUT2D eigenvalue weighted by atomic mass is 16.3. The second kappa shape index (κ2) is 7.89. The Hall–Kier alpha value is -2.18. The maximum atomic E-state index is 12.3. The number of ketones is 1. The van der Waals surface area contributed by atoms with Crippen molar-refractivity contribution in [2.24, 2.45) is 0 Å². The van der Waals surface area contributed by atoms with Gasteiger partial charge in [0.2, 0.25) is 0 Å². The van der Waals surface area contributed by atoms with E-state index in [1.54, 1.807) is 4.90 Å². The van der Waals surface area contributed by atoms with E-state index in [4.69, 9.17) is 5.11 Å². The van der Waals surface area contributed by atoms with Gasteiger partial charge in [-0.1, -0.05) is 30.3 Å². The van der Waals surface area contributed by atoms with Gasteiger partial charge in [0.15, 0.2) is 11.5 Å². The van der Waals surface area contributed by atoms with E-state index in [9.17, 15) is 14.7 Å². The van der Waals surface area contributed by atoms with E-state index in [2.05, 4.69) is 0 Å². The summed E-state index contributed by atoms with van der Waals surface area (Å²) >= 11 is 0. The molecule has 1 aliphatic rings. The number of aliphatic hydroxyl groups excluding tert-OH is 2. The lowest BCUT2D eigenvalue weighted by Gasteiger charge is -2.26. The summed E-state index contributed by atoms with van der Waals surface area (Å²) in [6.45, 7) is 3.32. The van der Waals surface area contributed by atoms with E-state index >= 15 is 0 Å². The van der Waals surface area contributed by atoms with Crippen LogP contribution >= 0.6 is 0 Å². The van der Waals surface area contributed by atoms with Crippen molar-refractivity contribution < 1.29 is 25.1 Å². The third-order valence-electron chi connectivity index (χ3n) is 3.94. The second-order valence-corrected chi connectivity index (χ2v) is 5.57. The molecule has 1 atom stereocenters. The normalized spacial score (nSPS) is 17.9. The molecule has 0 spiro atoms. The Morgan fingerprint density at radius 2 is 1.96 bits per heavy atom. The molecule has 0 saturated carbocycles. The number of amides is 1. The summed E-state index contributed by atoms with van der Waals surface area (Å²) in [5.41, 5.74) is 0.981. The van der Waals surface area contributed by atoms with E-state index < -0.39 is 17.7 Å². The minimum Gasteiger partial charge on any atom is -0.503 e. The standard InChI is InChI=1S/C17H22N2O4/c1-12(21)14-15(13-6-3-2-4-7-13)19(17(23)16(14)22)10-5-8-18-9-11-20/h2-4,6-7,15,18,20,22H,5,8-11H2,1H3/p+1/t15-/m1/s1.